The molecule has 0 saturated carbocycles. The summed E-state index contributed by atoms with van der Waals surface area (Å²) in [4.78, 5) is 16.3. The Kier molecular flexibility index (Phi) is 5.81. The van der Waals surface area contributed by atoms with Gasteiger partial charge in [-0.25, -0.2) is 0 Å². The van der Waals surface area contributed by atoms with Gasteiger partial charge in [0.2, 0.25) is 0 Å². The average Bonchev–Trinajstić information content (AvgIpc) is 3.03. The minimum Gasteiger partial charge on any atom is -0.480 e. The Balaban J connectivity index is 1.72. The minimum atomic E-state index is -0.728. The Morgan fingerprint density at radius 2 is 2.00 bits per heavy atom. The first-order valence-electron chi connectivity index (χ1n) is 8.01. The maximum atomic E-state index is 11.2. The normalized spacial score (nSPS) is 26.4. The molecule has 0 spiro atoms. The second-order valence-corrected chi connectivity index (χ2v) is 6.49. The number of carboxylic acids is 1. The fourth-order valence-corrected chi connectivity index (χ4v) is 3.41. The zero-order chi connectivity index (χ0) is 14.5. The van der Waals surface area contributed by atoms with E-state index >= 15 is 0 Å². The van der Waals surface area contributed by atoms with Gasteiger partial charge in [0, 0.05) is 25.2 Å². The smallest absolute Gasteiger partial charge is 0.320 e. The van der Waals surface area contributed by atoms with E-state index in [9.17, 15) is 9.90 Å². The number of rotatable bonds is 7. The van der Waals surface area contributed by atoms with E-state index in [-0.39, 0.29) is 6.04 Å². The molecule has 0 aromatic carbocycles. The van der Waals surface area contributed by atoms with Gasteiger partial charge in [0.25, 0.3) is 0 Å². The zero-order valence-electron chi connectivity index (χ0n) is 12.8. The van der Waals surface area contributed by atoms with E-state index in [1.165, 1.54) is 32.4 Å². The van der Waals surface area contributed by atoms with E-state index in [2.05, 4.69) is 15.1 Å². The molecule has 2 aliphatic heterocycles. The average molecular weight is 283 g/mol. The number of aliphatic carboxylic acids is 1. The van der Waals surface area contributed by atoms with Crippen LogP contribution in [0.15, 0.2) is 0 Å². The molecule has 20 heavy (non-hydrogen) atoms. The first kappa shape index (κ1) is 15.7. The van der Waals surface area contributed by atoms with Crippen LogP contribution >= 0.6 is 0 Å². The van der Waals surface area contributed by atoms with E-state index in [0.29, 0.717) is 12.5 Å². The summed E-state index contributed by atoms with van der Waals surface area (Å²) in [6.45, 7) is 9.63. The zero-order valence-corrected chi connectivity index (χ0v) is 12.8. The second-order valence-electron chi connectivity index (χ2n) is 6.49. The molecule has 0 aliphatic carbocycles. The molecule has 0 aromatic rings. The van der Waals surface area contributed by atoms with Crippen LogP contribution in [0, 0.1) is 0 Å². The number of carboxylic acid groups (broad SMARTS) is 1. The molecule has 2 rings (SSSR count). The summed E-state index contributed by atoms with van der Waals surface area (Å²) in [5, 5.41) is 12.4. The van der Waals surface area contributed by atoms with E-state index in [1.54, 1.807) is 0 Å². The van der Waals surface area contributed by atoms with Crippen LogP contribution < -0.4 is 5.32 Å². The van der Waals surface area contributed by atoms with Crippen molar-refractivity contribution in [1.82, 2.24) is 15.1 Å². The van der Waals surface area contributed by atoms with Crippen molar-refractivity contribution in [3.63, 3.8) is 0 Å². The molecular weight excluding hydrogens is 254 g/mol. The van der Waals surface area contributed by atoms with Crippen molar-refractivity contribution in [3.8, 4) is 0 Å². The molecule has 2 unspecified atom stereocenters. The first-order valence-corrected chi connectivity index (χ1v) is 8.01. The molecule has 0 bridgehead atoms. The third-order valence-electron chi connectivity index (χ3n) is 4.47. The Labute approximate surface area is 122 Å². The highest BCUT2D eigenvalue weighted by atomic mass is 16.4. The lowest BCUT2D eigenvalue weighted by molar-refractivity contribution is -0.139. The van der Waals surface area contributed by atoms with Crippen molar-refractivity contribution in [2.24, 2.45) is 0 Å². The second kappa shape index (κ2) is 7.38. The van der Waals surface area contributed by atoms with Crippen LogP contribution in [0.1, 0.15) is 39.5 Å². The third-order valence-corrected chi connectivity index (χ3v) is 4.47. The third kappa shape index (κ3) is 4.43. The Hall–Kier alpha value is -0.650. The quantitative estimate of drug-likeness (QED) is 0.730. The molecule has 2 aliphatic rings. The molecule has 2 N–H and O–H groups in total. The number of hydrogen-bond donors (Lipinski definition) is 2. The van der Waals surface area contributed by atoms with Crippen molar-refractivity contribution in [2.75, 3.05) is 32.7 Å². The fraction of sp³-hybridized carbons (Fsp3) is 0.933. The highest BCUT2D eigenvalue weighted by Gasteiger charge is 2.29. The summed E-state index contributed by atoms with van der Waals surface area (Å²) in [5.41, 5.74) is 0. The summed E-state index contributed by atoms with van der Waals surface area (Å²) in [6, 6.07) is 0.506. The maximum absolute atomic E-state index is 11.2. The number of carbonyl (C=O) groups is 1. The fourth-order valence-electron chi connectivity index (χ4n) is 3.41. The van der Waals surface area contributed by atoms with Crippen molar-refractivity contribution < 1.29 is 9.90 Å². The lowest BCUT2D eigenvalue weighted by Gasteiger charge is -2.24. The summed E-state index contributed by atoms with van der Waals surface area (Å²) in [5.74, 6) is -0.728. The number of hydrogen-bond acceptors (Lipinski definition) is 4. The van der Waals surface area contributed by atoms with Crippen molar-refractivity contribution >= 4 is 5.97 Å². The van der Waals surface area contributed by atoms with E-state index in [1.807, 2.05) is 13.8 Å². The van der Waals surface area contributed by atoms with Crippen LogP contribution in [0.3, 0.4) is 0 Å². The van der Waals surface area contributed by atoms with Crippen molar-refractivity contribution in [3.05, 3.63) is 0 Å². The highest BCUT2D eigenvalue weighted by molar-refractivity contribution is 5.73. The predicted octanol–water partition coefficient (Wildman–Crippen LogP) is 0.998. The molecule has 5 heteroatoms. The van der Waals surface area contributed by atoms with Gasteiger partial charge in [0.1, 0.15) is 6.04 Å². The first-order chi connectivity index (χ1) is 9.56. The van der Waals surface area contributed by atoms with Gasteiger partial charge in [-0.15, -0.1) is 0 Å². The predicted molar refractivity (Wildman–Crippen MR) is 80.0 cm³/mol. The standard InChI is InChI=1S/C15H29N3O2/c1-12(2)16-14(15(19)20)6-10-17-9-5-13(11-17)18-7-3-4-8-18/h12-14,16H,3-11H2,1-2H3,(H,19,20). The SMILES string of the molecule is CC(C)NC(CCN1CCC(N2CCCC2)C1)C(=O)O. The maximum Gasteiger partial charge on any atom is 0.320 e. The molecular formula is C15H29N3O2. The lowest BCUT2D eigenvalue weighted by atomic mass is 10.2. The van der Waals surface area contributed by atoms with E-state index < -0.39 is 12.0 Å². The molecule has 5 nitrogen and oxygen atoms in total. The lowest BCUT2D eigenvalue weighted by Crippen LogP contribution is -2.43. The summed E-state index contributed by atoms with van der Waals surface area (Å²) in [7, 11) is 0. The van der Waals surface area contributed by atoms with Gasteiger partial charge in [0.05, 0.1) is 0 Å². The molecule has 116 valence electrons. The van der Waals surface area contributed by atoms with Gasteiger partial charge in [-0.2, -0.15) is 0 Å². The van der Waals surface area contributed by atoms with Crippen molar-refractivity contribution in [2.45, 2.75) is 57.7 Å². The van der Waals surface area contributed by atoms with Crippen LogP contribution in [0.5, 0.6) is 0 Å². The highest BCUT2D eigenvalue weighted by Crippen LogP contribution is 2.20. The van der Waals surface area contributed by atoms with Crippen LogP contribution in [-0.4, -0.2) is 71.7 Å². The van der Waals surface area contributed by atoms with Gasteiger partial charge in [0.15, 0.2) is 0 Å². The molecule has 2 heterocycles. The molecule has 0 aromatic heterocycles. The Morgan fingerprint density at radius 3 is 2.60 bits per heavy atom. The van der Waals surface area contributed by atoms with Gasteiger partial charge in [-0.3, -0.25) is 9.69 Å². The minimum absolute atomic E-state index is 0.215. The summed E-state index contributed by atoms with van der Waals surface area (Å²) >= 11 is 0. The monoisotopic (exact) mass is 283 g/mol. The van der Waals surface area contributed by atoms with Crippen LogP contribution in [-0.2, 0) is 4.79 Å². The molecule has 0 amide bonds. The Morgan fingerprint density at radius 1 is 1.30 bits per heavy atom. The van der Waals surface area contributed by atoms with Crippen molar-refractivity contribution in [1.29, 1.82) is 0 Å². The van der Waals surface area contributed by atoms with Gasteiger partial charge < -0.3 is 15.3 Å². The van der Waals surface area contributed by atoms with Crippen LogP contribution in [0.25, 0.3) is 0 Å². The Bertz CT molecular complexity index is 316. The molecule has 0 radical (unpaired) electrons. The van der Waals surface area contributed by atoms with Gasteiger partial charge in [-0.05, 0) is 45.3 Å². The van der Waals surface area contributed by atoms with E-state index in [4.69, 9.17) is 0 Å². The summed E-state index contributed by atoms with van der Waals surface area (Å²) < 4.78 is 0. The number of nitrogens with one attached hydrogen (secondary N) is 1. The topological polar surface area (TPSA) is 55.8 Å². The molecule has 2 fully saturated rings. The van der Waals surface area contributed by atoms with Gasteiger partial charge >= 0.3 is 5.97 Å². The van der Waals surface area contributed by atoms with E-state index in [0.717, 1.165) is 19.6 Å². The largest absolute Gasteiger partial charge is 0.480 e. The van der Waals surface area contributed by atoms with Crippen LogP contribution in [0.4, 0.5) is 0 Å². The number of likely N-dealkylation sites (tertiary alicyclic amines) is 2. The number of nitrogens with zero attached hydrogens (tertiary/aromatic N) is 2. The van der Waals surface area contributed by atoms with Crippen LogP contribution in [0.2, 0.25) is 0 Å². The summed E-state index contributed by atoms with van der Waals surface area (Å²) in [6.07, 6.45) is 4.63. The molecule has 2 saturated heterocycles. The van der Waals surface area contributed by atoms with Gasteiger partial charge in [-0.1, -0.05) is 13.8 Å². The molecule has 2 atom stereocenters.